The second-order valence-electron chi connectivity index (χ2n) is 4.98. The molecule has 0 aliphatic rings. The molecule has 1 amide bonds. The minimum Gasteiger partial charge on any atom is -0.351 e. The first-order chi connectivity index (χ1) is 11.3. The molecule has 0 aliphatic carbocycles. The van der Waals surface area contributed by atoms with Gasteiger partial charge in [-0.2, -0.15) is 0 Å². The number of para-hydroxylation sites is 1. The van der Waals surface area contributed by atoms with Crippen LogP contribution in [0.4, 0.5) is 0 Å². The SMILES string of the molecule is O=C(CSc1ccccc1)NCc1ccccc1-n1ccnc1. The summed E-state index contributed by atoms with van der Waals surface area (Å²) >= 11 is 1.54. The maximum absolute atomic E-state index is 12.0. The third-order valence-electron chi connectivity index (χ3n) is 3.36. The highest BCUT2D eigenvalue weighted by Gasteiger charge is 2.06. The molecule has 0 unspecified atom stereocenters. The number of carbonyl (C=O) groups is 1. The van der Waals surface area contributed by atoms with Crippen LogP contribution >= 0.6 is 11.8 Å². The maximum atomic E-state index is 12.0. The molecule has 0 saturated heterocycles. The zero-order valence-electron chi connectivity index (χ0n) is 12.6. The lowest BCUT2D eigenvalue weighted by molar-refractivity contribution is -0.118. The summed E-state index contributed by atoms with van der Waals surface area (Å²) in [6.45, 7) is 0.503. The molecule has 2 aromatic carbocycles. The lowest BCUT2D eigenvalue weighted by atomic mass is 10.1. The van der Waals surface area contributed by atoms with E-state index in [1.807, 2.05) is 65.4 Å². The van der Waals surface area contributed by atoms with Crippen LogP contribution < -0.4 is 5.32 Å². The van der Waals surface area contributed by atoms with E-state index in [1.165, 1.54) is 11.8 Å². The Morgan fingerprint density at radius 1 is 1.09 bits per heavy atom. The second kappa shape index (κ2) is 7.65. The largest absolute Gasteiger partial charge is 0.351 e. The first-order valence-electron chi connectivity index (χ1n) is 7.34. The first kappa shape index (κ1) is 15.4. The molecule has 1 aromatic heterocycles. The van der Waals surface area contributed by atoms with Gasteiger partial charge in [-0.25, -0.2) is 4.98 Å². The van der Waals surface area contributed by atoms with Crippen molar-refractivity contribution in [3.63, 3.8) is 0 Å². The van der Waals surface area contributed by atoms with E-state index in [0.29, 0.717) is 12.3 Å². The molecular formula is C18H17N3OS. The average molecular weight is 323 g/mol. The van der Waals surface area contributed by atoms with E-state index in [-0.39, 0.29) is 5.91 Å². The average Bonchev–Trinajstić information content (AvgIpc) is 3.14. The highest BCUT2D eigenvalue weighted by atomic mass is 32.2. The van der Waals surface area contributed by atoms with E-state index in [4.69, 9.17) is 0 Å². The van der Waals surface area contributed by atoms with Crippen molar-refractivity contribution in [1.29, 1.82) is 0 Å². The van der Waals surface area contributed by atoms with Crippen molar-refractivity contribution in [1.82, 2.24) is 14.9 Å². The van der Waals surface area contributed by atoms with Crippen LogP contribution in [-0.2, 0) is 11.3 Å². The number of carbonyl (C=O) groups excluding carboxylic acids is 1. The summed E-state index contributed by atoms with van der Waals surface area (Å²) in [5.74, 6) is 0.441. The number of hydrogen-bond donors (Lipinski definition) is 1. The van der Waals surface area contributed by atoms with E-state index in [9.17, 15) is 4.79 Å². The summed E-state index contributed by atoms with van der Waals surface area (Å²) in [6, 6.07) is 17.9. The predicted molar refractivity (Wildman–Crippen MR) is 92.6 cm³/mol. The van der Waals surface area contributed by atoms with Gasteiger partial charge in [0.25, 0.3) is 0 Å². The van der Waals surface area contributed by atoms with Gasteiger partial charge in [0.15, 0.2) is 0 Å². The monoisotopic (exact) mass is 323 g/mol. The third kappa shape index (κ3) is 4.23. The van der Waals surface area contributed by atoms with Gasteiger partial charge in [0.2, 0.25) is 5.91 Å². The standard InChI is InChI=1S/C18H17N3OS/c22-18(13-23-16-7-2-1-3-8-16)20-12-15-6-4-5-9-17(15)21-11-10-19-14-21/h1-11,14H,12-13H2,(H,20,22). The number of nitrogens with zero attached hydrogens (tertiary/aromatic N) is 2. The Kier molecular flexibility index (Phi) is 5.11. The number of rotatable bonds is 6. The summed E-state index contributed by atoms with van der Waals surface area (Å²) in [7, 11) is 0. The molecule has 3 aromatic rings. The zero-order chi connectivity index (χ0) is 15.9. The smallest absolute Gasteiger partial charge is 0.230 e. The van der Waals surface area contributed by atoms with E-state index in [0.717, 1.165) is 16.1 Å². The molecule has 0 bridgehead atoms. The Labute approximate surface area is 139 Å². The zero-order valence-corrected chi connectivity index (χ0v) is 13.4. The van der Waals surface area contributed by atoms with Crippen LogP contribution in [0.1, 0.15) is 5.56 Å². The van der Waals surface area contributed by atoms with Crippen molar-refractivity contribution < 1.29 is 4.79 Å². The van der Waals surface area contributed by atoms with Crippen LogP contribution in [0.5, 0.6) is 0 Å². The molecule has 23 heavy (non-hydrogen) atoms. The molecule has 0 fully saturated rings. The van der Waals surface area contributed by atoms with Crippen molar-refractivity contribution >= 4 is 17.7 Å². The predicted octanol–water partition coefficient (Wildman–Crippen LogP) is 3.28. The van der Waals surface area contributed by atoms with Crippen molar-refractivity contribution in [2.24, 2.45) is 0 Å². The molecule has 1 N–H and O–H groups in total. The molecule has 0 aliphatic heterocycles. The summed E-state index contributed by atoms with van der Waals surface area (Å²) in [5.41, 5.74) is 2.09. The van der Waals surface area contributed by atoms with Crippen molar-refractivity contribution in [2.75, 3.05) is 5.75 Å². The molecule has 3 rings (SSSR count). The number of aromatic nitrogens is 2. The summed E-state index contributed by atoms with van der Waals surface area (Å²) in [6.07, 6.45) is 5.39. The van der Waals surface area contributed by atoms with Crippen LogP contribution in [-0.4, -0.2) is 21.2 Å². The van der Waals surface area contributed by atoms with Gasteiger partial charge in [-0.1, -0.05) is 36.4 Å². The van der Waals surface area contributed by atoms with Gasteiger partial charge < -0.3 is 9.88 Å². The minimum absolute atomic E-state index is 0.0271. The maximum Gasteiger partial charge on any atom is 0.230 e. The fourth-order valence-electron chi connectivity index (χ4n) is 2.22. The van der Waals surface area contributed by atoms with Crippen molar-refractivity contribution in [2.45, 2.75) is 11.4 Å². The van der Waals surface area contributed by atoms with Gasteiger partial charge in [-0.3, -0.25) is 4.79 Å². The summed E-state index contributed by atoms with van der Waals surface area (Å²) in [4.78, 5) is 17.2. The van der Waals surface area contributed by atoms with Gasteiger partial charge >= 0.3 is 0 Å². The summed E-state index contributed by atoms with van der Waals surface area (Å²) in [5, 5.41) is 2.98. The molecule has 0 radical (unpaired) electrons. The summed E-state index contributed by atoms with van der Waals surface area (Å²) < 4.78 is 1.94. The number of imidazole rings is 1. The molecule has 116 valence electrons. The Hall–Kier alpha value is -2.53. The van der Waals surface area contributed by atoms with Crippen molar-refractivity contribution in [3.8, 4) is 5.69 Å². The fraction of sp³-hybridized carbons (Fsp3) is 0.111. The molecule has 4 nitrogen and oxygen atoms in total. The van der Waals surface area contributed by atoms with Gasteiger partial charge in [0.1, 0.15) is 0 Å². The Balaban J connectivity index is 1.57. The van der Waals surface area contributed by atoms with Crippen LogP contribution in [0.25, 0.3) is 5.69 Å². The van der Waals surface area contributed by atoms with Crippen LogP contribution in [0.15, 0.2) is 78.2 Å². The number of nitrogens with one attached hydrogen (secondary N) is 1. The van der Waals surface area contributed by atoms with Gasteiger partial charge in [-0.15, -0.1) is 11.8 Å². The van der Waals surface area contributed by atoms with Gasteiger partial charge in [-0.05, 0) is 23.8 Å². The normalized spacial score (nSPS) is 10.4. The van der Waals surface area contributed by atoms with Crippen LogP contribution in [0.3, 0.4) is 0 Å². The fourth-order valence-corrected chi connectivity index (χ4v) is 2.97. The molecule has 0 saturated carbocycles. The highest BCUT2D eigenvalue weighted by molar-refractivity contribution is 8.00. The lowest BCUT2D eigenvalue weighted by Gasteiger charge is -2.11. The number of benzene rings is 2. The van der Waals surface area contributed by atoms with Crippen LogP contribution in [0, 0.1) is 0 Å². The number of thioether (sulfide) groups is 1. The van der Waals surface area contributed by atoms with E-state index in [1.54, 1.807) is 12.5 Å². The second-order valence-corrected chi connectivity index (χ2v) is 6.03. The third-order valence-corrected chi connectivity index (χ3v) is 4.38. The van der Waals surface area contributed by atoms with Crippen LogP contribution in [0.2, 0.25) is 0 Å². The first-order valence-corrected chi connectivity index (χ1v) is 8.32. The lowest BCUT2D eigenvalue weighted by Crippen LogP contribution is -2.25. The van der Waals surface area contributed by atoms with Crippen molar-refractivity contribution in [3.05, 3.63) is 78.9 Å². The Morgan fingerprint density at radius 3 is 2.65 bits per heavy atom. The van der Waals surface area contributed by atoms with Gasteiger partial charge in [0, 0.05) is 23.8 Å². The van der Waals surface area contributed by atoms with Gasteiger partial charge in [0.05, 0.1) is 17.8 Å². The Bertz CT molecular complexity index is 757. The molecule has 0 atom stereocenters. The number of amides is 1. The minimum atomic E-state index is 0.0271. The topological polar surface area (TPSA) is 46.9 Å². The quantitative estimate of drug-likeness (QED) is 0.708. The Morgan fingerprint density at radius 2 is 1.87 bits per heavy atom. The molecule has 1 heterocycles. The highest BCUT2D eigenvalue weighted by Crippen LogP contribution is 2.17. The molecule has 5 heteroatoms. The van der Waals surface area contributed by atoms with E-state index in [2.05, 4.69) is 10.3 Å². The van der Waals surface area contributed by atoms with E-state index >= 15 is 0 Å². The van der Waals surface area contributed by atoms with E-state index < -0.39 is 0 Å². The molecular weight excluding hydrogens is 306 g/mol. The number of hydrogen-bond acceptors (Lipinski definition) is 3. The molecule has 0 spiro atoms.